The van der Waals surface area contributed by atoms with Crippen molar-refractivity contribution in [1.82, 2.24) is 4.72 Å². The van der Waals surface area contributed by atoms with Gasteiger partial charge in [0.15, 0.2) is 0 Å². The lowest BCUT2D eigenvalue weighted by molar-refractivity contribution is -0.116. The van der Waals surface area contributed by atoms with Crippen molar-refractivity contribution in [3.63, 3.8) is 0 Å². The van der Waals surface area contributed by atoms with Gasteiger partial charge in [-0.1, -0.05) is 54.1 Å². The first-order valence-electron chi connectivity index (χ1n) is 10.4. The zero-order valence-corrected chi connectivity index (χ0v) is 19.5. The number of carbonyl (C=O) groups excluding carboxylic acids is 1. The predicted molar refractivity (Wildman–Crippen MR) is 131 cm³/mol. The van der Waals surface area contributed by atoms with Crippen molar-refractivity contribution in [2.75, 3.05) is 17.2 Å². The van der Waals surface area contributed by atoms with E-state index in [-0.39, 0.29) is 35.6 Å². The third-order valence-electron chi connectivity index (χ3n) is 5.20. The highest BCUT2D eigenvalue weighted by atomic mass is 35.5. The molecule has 0 saturated carbocycles. The largest absolute Gasteiger partial charge is 0.377 e. The van der Waals surface area contributed by atoms with Crippen molar-refractivity contribution in [2.24, 2.45) is 4.99 Å². The van der Waals surface area contributed by atoms with Crippen molar-refractivity contribution in [2.45, 2.75) is 24.3 Å². The molecule has 0 bridgehead atoms. The van der Waals surface area contributed by atoms with E-state index in [0.717, 1.165) is 11.3 Å². The number of fused-ring (bicyclic) bond motifs is 1. The maximum Gasteiger partial charge on any atom is 0.263 e. The summed E-state index contributed by atoms with van der Waals surface area (Å²) in [5.74, 6) is 0.00678. The molecule has 0 fully saturated rings. The smallest absolute Gasteiger partial charge is 0.263 e. The monoisotopic (exact) mass is 482 g/mol. The first-order chi connectivity index (χ1) is 15.8. The highest BCUT2D eigenvalue weighted by molar-refractivity contribution is 7.90. The summed E-state index contributed by atoms with van der Waals surface area (Å²) < 4.78 is 26.7. The number of nitrogens with one attached hydrogen (secondary N) is 3. The van der Waals surface area contributed by atoms with Gasteiger partial charge in [-0.25, -0.2) is 8.42 Å². The first-order valence-corrected chi connectivity index (χ1v) is 12.3. The molecule has 3 aromatic carbocycles. The highest BCUT2D eigenvalue weighted by Crippen LogP contribution is 2.29. The standard InChI is InChI=1S/C24H23ClN4O3S/c1-16(17-7-3-2-4-8-17)27-21-12-11-18(15-20(21)25)28-23(30)13-14-26-24-19-9-5-6-10-22(19)33(31,32)29-24/h2-12,15-16,27H,13-14H2,1H3,(H,26,29)(H,28,30). The topological polar surface area (TPSA) is 99.7 Å². The zero-order chi connectivity index (χ0) is 23.4. The lowest BCUT2D eigenvalue weighted by Gasteiger charge is -2.17. The Balaban J connectivity index is 1.34. The average Bonchev–Trinajstić information content (AvgIpc) is 3.06. The molecular formula is C24H23ClN4O3S. The quantitative estimate of drug-likeness (QED) is 0.459. The van der Waals surface area contributed by atoms with Gasteiger partial charge in [-0.15, -0.1) is 0 Å². The Kier molecular flexibility index (Phi) is 6.67. The van der Waals surface area contributed by atoms with Gasteiger partial charge in [0.2, 0.25) is 5.91 Å². The molecule has 4 rings (SSSR count). The van der Waals surface area contributed by atoms with Crippen LogP contribution in [0.15, 0.2) is 82.7 Å². The van der Waals surface area contributed by atoms with Crippen LogP contribution in [-0.2, 0) is 14.8 Å². The minimum Gasteiger partial charge on any atom is -0.377 e. The number of benzene rings is 3. The number of hydrogen-bond donors (Lipinski definition) is 3. The second-order valence-electron chi connectivity index (χ2n) is 7.60. The second-order valence-corrected chi connectivity index (χ2v) is 9.66. The molecule has 1 heterocycles. The van der Waals surface area contributed by atoms with Gasteiger partial charge in [0.1, 0.15) is 5.84 Å². The Hall–Kier alpha value is -3.36. The number of rotatable bonds is 7. The molecule has 1 aliphatic heterocycles. The van der Waals surface area contributed by atoms with E-state index in [0.29, 0.717) is 16.3 Å². The maximum atomic E-state index is 12.3. The van der Waals surface area contributed by atoms with Gasteiger partial charge in [0, 0.05) is 23.7 Å². The normalized spacial score (nSPS) is 16.0. The van der Waals surface area contributed by atoms with E-state index in [1.54, 1.807) is 30.3 Å². The molecule has 9 heteroatoms. The average molecular weight is 483 g/mol. The fraction of sp³-hybridized carbons (Fsp3) is 0.167. The Bertz CT molecular complexity index is 1310. The molecule has 7 nitrogen and oxygen atoms in total. The number of nitrogens with zero attached hydrogens (tertiary/aromatic N) is 1. The predicted octanol–water partition coefficient (Wildman–Crippen LogP) is 4.58. The van der Waals surface area contributed by atoms with E-state index in [1.807, 2.05) is 43.3 Å². The van der Waals surface area contributed by atoms with Crippen LogP contribution in [0, 0.1) is 0 Å². The Labute approximate surface area is 197 Å². The lowest BCUT2D eigenvalue weighted by atomic mass is 10.1. The molecular weight excluding hydrogens is 460 g/mol. The minimum absolute atomic E-state index is 0.0707. The maximum absolute atomic E-state index is 12.3. The Morgan fingerprint density at radius 2 is 1.79 bits per heavy atom. The van der Waals surface area contributed by atoms with Crippen molar-refractivity contribution >= 4 is 44.7 Å². The molecule has 0 spiro atoms. The summed E-state index contributed by atoms with van der Waals surface area (Å²) in [6.07, 6.45) is 0.0933. The van der Waals surface area contributed by atoms with Gasteiger partial charge in [0.05, 0.1) is 22.2 Å². The molecule has 3 N–H and O–H groups in total. The lowest BCUT2D eigenvalue weighted by Crippen LogP contribution is -2.23. The van der Waals surface area contributed by atoms with Crippen molar-refractivity contribution in [1.29, 1.82) is 0 Å². The van der Waals surface area contributed by atoms with E-state index in [4.69, 9.17) is 11.6 Å². The van der Waals surface area contributed by atoms with Gasteiger partial charge < -0.3 is 10.6 Å². The van der Waals surface area contributed by atoms with Gasteiger partial charge in [0.25, 0.3) is 10.0 Å². The summed E-state index contributed by atoms with van der Waals surface area (Å²) in [5.41, 5.74) is 2.99. The first kappa shape index (κ1) is 22.8. The third-order valence-corrected chi connectivity index (χ3v) is 6.91. The number of hydrogen-bond acceptors (Lipinski definition) is 5. The SMILES string of the molecule is CC(Nc1ccc(NC(=O)CCN=C2NS(=O)(=O)c3ccccc32)cc1Cl)c1ccccc1. The van der Waals surface area contributed by atoms with E-state index in [2.05, 4.69) is 20.3 Å². The van der Waals surface area contributed by atoms with Crippen LogP contribution in [0.2, 0.25) is 5.02 Å². The van der Waals surface area contributed by atoms with Gasteiger partial charge in [-0.3, -0.25) is 14.5 Å². The Morgan fingerprint density at radius 1 is 1.06 bits per heavy atom. The van der Waals surface area contributed by atoms with E-state index in [9.17, 15) is 13.2 Å². The fourth-order valence-corrected chi connectivity index (χ4v) is 5.00. The summed E-state index contributed by atoms with van der Waals surface area (Å²) in [4.78, 5) is 16.8. The molecule has 0 aromatic heterocycles. The van der Waals surface area contributed by atoms with Crippen LogP contribution in [0.4, 0.5) is 11.4 Å². The Morgan fingerprint density at radius 3 is 2.55 bits per heavy atom. The summed E-state index contributed by atoms with van der Waals surface area (Å²) in [6.45, 7) is 2.19. The van der Waals surface area contributed by atoms with Gasteiger partial charge in [-0.2, -0.15) is 0 Å². The zero-order valence-electron chi connectivity index (χ0n) is 17.9. The molecule has 1 amide bonds. The minimum atomic E-state index is -3.59. The van der Waals surface area contributed by atoms with Crippen LogP contribution in [0.1, 0.15) is 30.5 Å². The van der Waals surface area contributed by atoms with Crippen molar-refractivity contribution in [3.8, 4) is 0 Å². The molecule has 1 atom stereocenters. The van der Waals surface area contributed by atoms with Gasteiger partial charge >= 0.3 is 0 Å². The summed E-state index contributed by atoms with van der Waals surface area (Å²) in [7, 11) is -3.59. The molecule has 3 aromatic rings. The number of halogens is 1. The van der Waals surface area contributed by atoms with Crippen LogP contribution in [0.5, 0.6) is 0 Å². The van der Waals surface area contributed by atoms with Crippen LogP contribution in [0.25, 0.3) is 0 Å². The highest BCUT2D eigenvalue weighted by Gasteiger charge is 2.29. The second kappa shape index (κ2) is 9.64. The summed E-state index contributed by atoms with van der Waals surface area (Å²) >= 11 is 6.41. The molecule has 1 aliphatic rings. The van der Waals surface area contributed by atoms with Crippen LogP contribution in [-0.4, -0.2) is 26.7 Å². The molecule has 0 aliphatic carbocycles. The number of amidine groups is 1. The van der Waals surface area contributed by atoms with Crippen molar-refractivity contribution < 1.29 is 13.2 Å². The molecule has 170 valence electrons. The fourth-order valence-electron chi connectivity index (χ4n) is 3.51. The van der Waals surface area contributed by atoms with E-state index in [1.165, 1.54) is 6.07 Å². The van der Waals surface area contributed by atoms with E-state index < -0.39 is 10.0 Å². The molecule has 0 saturated heterocycles. The number of amides is 1. The molecule has 1 unspecified atom stereocenters. The summed E-state index contributed by atoms with van der Waals surface area (Å²) in [6, 6.07) is 22.0. The number of anilines is 2. The van der Waals surface area contributed by atoms with Crippen LogP contribution < -0.4 is 15.4 Å². The van der Waals surface area contributed by atoms with Crippen LogP contribution in [0.3, 0.4) is 0 Å². The third kappa shape index (κ3) is 5.35. The number of carbonyl (C=O) groups is 1. The molecule has 33 heavy (non-hydrogen) atoms. The molecule has 0 radical (unpaired) electrons. The van der Waals surface area contributed by atoms with Crippen LogP contribution >= 0.6 is 11.6 Å². The number of sulfonamides is 1. The van der Waals surface area contributed by atoms with Gasteiger partial charge in [-0.05, 0) is 42.8 Å². The summed E-state index contributed by atoms with van der Waals surface area (Å²) in [5, 5.41) is 6.66. The van der Waals surface area contributed by atoms with E-state index >= 15 is 0 Å². The van der Waals surface area contributed by atoms with Crippen molar-refractivity contribution in [3.05, 3.63) is 88.9 Å². The number of aliphatic imine (C=N–C) groups is 1.